The van der Waals surface area contributed by atoms with Crippen molar-refractivity contribution in [2.75, 3.05) is 6.54 Å². The number of unbranched alkanes of at least 4 members (excludes halogenated alkanes) is 19. The van der Waals surface area contributed by atoms with Crippen molar-refractivity contribution in [2.45, 2.75) is 219 Å². The van der Waals surface area contributed by atoms with Crippen LogP contribution in [0.4, 0.5) is 0 Å². The van der Waals surface area contributed by atoms with Gasteiger partial charge in [-0.2, -0.15) is 0 Å². The number of hydrogen-bond donors (Lipinski definition) is 2. The zero-order valence-corrected chi connectivity index (χ0v) is 35.1. The van der Waals surface area contributed by atoms with E-state index in [2.05, 4.69) is 79.9 Å². The first-order chi connectivity index (χ1) is 26.5. The van der Waals surface area contributed by atoms with E-state index in [1.807, 2.05) is 0 Å². The maximum atomic E-state index is 12.8. The summed E-state index contributed by atoms with van der Waals surface area (Å²) in [5.41, 5.74) is 0. The van der Waals surface area contributed by atoms with E-state index in [0.717, 1.165) is 96.3 Å². The van der Waals surface area contributed by atoms with Gasteiger partial charge in [0.25, 0.3) is 0 Å². The Hall–Kier alpha value is -2.89. The number of hydrogen-bond acceptors (Lipinski definition) is 4. The predicted octanol–water partition coefficient (Wildman–Crippen LogP) is 14.0. The Morgan fingerprint density at radius 3 is 1.41 bits per heavy atom. The second-order valence-electron chi connectivity index (χ2n) is 14.9. The van der Waals surface area contributed by atoms with Gasteiger partial charge in [-0.3, -0.25) is 14.4 Å². The van der Waals surface area contributed by atoms with Gasteiger partial charge >= 0.3 is 11.9 Å². The minimum absolute atomic E-state index is 0.0264. The first-order valence-corrected chi connectivity index (χ1v) is 22.4. The topological polar surface area (TPSA) is 92.7 Å². The van der Waals surface area contributed by atoms with Crippen molar-refractivity contribution < 1.29 is 24.2 Å². The molecule has 0 aliphatic rings. The molecule has 6 nitrogen and oxygen atoms in total. The van der Waals surface area contributed by atoms with Crippen LogP contribution in [0.5, 0.6) is 0 Å². The van der Waals surface area contributed by atoms with Gasteiger partial charge in [-0.25, -0.2) is 0 Å². The van der Waals surface area contributed by atoms with Crippen LogP contribution >= 0.6 is 0 Å². The fourth-order valence-electron chi connectivity index (χ4n) is 6.32. The molecule has 0 aromatic heterocycles. The van der Waals surface area contributed by atoms with Gasteiger partial charge in [0.15, 0.2) is 0 Å². The van der Waals surface area contributed by atoms with Crippen molar-refractivity contribution in [3.8, 4) is 0 Å². The quantitative estimate of drug-likeness (QED) is 0.0369. The van der Waals surface area contributed by atoms with E-state index in [-0.39, 0.29) is 24.5 Å². The summed E-state index contributed by atoms with van der Waals surface area (Å²) < 4.78 is 6.00. The van der Waals surface area contributed by atoms with Crippen LogP contribution in [0, 0.1) is 0 Å². The van der Waals surface area contributed by atoms with Crippen LogP contribution in [0.2, 0.25) is 0 Å². The summed E-state index contributed by atoms with van der Waals surface area (Å²) in [5.74, 6) is -1.28. The highest BCUT2D eigenvalue weighted by Gasteiger charge is 2.14. The molecule has 0 aromatic rings. The predicted molar refractivity (Wildman–Crippen MR) is 231 cm³/mol. The molecule has 0 radical (unpaired) electrons. The summed E-state index contributed by atoms with van der Waals surface area (Å²) in [7, 11) is 0. The van der Waals surface area contributed by atoms with Crippen molar-refractivity contribution in [2.24, 2.45) is 0 Å². The molecular weight excluding hydrogens is 671 g/mol. The van der Waals surface area contributed by atoms with Crippen LogP contribution in [-0.4, -0.2) is 35.6 Å². The number of amides is 1. The lowest BCUT2D eigenvalue weighted by molar-refractivity contribution is -0.150. The van der Waals surface area contributed by atoms with Gasteiger partial charge in [0.05, 0.1) is 0 Å². The zero-order valence-electron chi connectivity index (χ0n) is 35.1. The number of rotatable bonds is 40. The summed E-state index contributed by atoms with van der Waals surface area (Å²) in [5, 5.41) is 11.1. The third-order valence-electron chi connectivity index (χ3n) is 9.66. The van der Waals surface area contributed by atoms with E-state index in [1.54, 1.807) is 0 Å². The van der Waals surface area contributed by atoms with Gasteiger partial charge in [0.1, 0.15) is 12.6 Å². The maximum Gasteiger partial charge on any atom is 0.322 e. The number of carboxylic acid groups (broad SMARTS) is 1. The molecule has 2 N–H and O–H groups in total. The number of allylic oxidation sites excluding steroid dienone is 10. The highest BCUT2D eigenvalue weighted by atomic mass is 16.5. The second kappa shape index (κ2) is 42.8. The number of ether oxygens (including phenoxy) is 1. The Bertz CT molecular complexity index is 1010. The summed E-state index contributed by atoms with van der Waals surface area (Å²) >= 11 is 0. The van der Waals surface area contributed by atoms with Crippen molar-refractivity contribution >= 4 is 17.8 Å². The molecule has 0 heterocycles. The van der Waals surface area contributed by atoms with Crippen molar-refractivity contribution in [1.82, 2.24) is 5.32 Å². The first kappa shape index (κ1) is 51.1. The average molecular weight is 754 g/mol. The molecule has 0 rings (SSSR count). The van der Waals surface area contributed by atoms with Crippen LogP contribution in [0.1, 0.15) is 213 Å². The number of carbonyl (C=O) groups excluding carboxylic acids is 2. The largest absolute Gasteiger partial charge is 0.480 e. The van der Waals surface area contributed by atoms with E-state index in [4.69, 9.17) is 9.84 Å². The third kappa shape index (κ3) is 41.9. The van der Waals surface area contributed by atoms with E-state index < -0.39 is 5.97 Å². The smallest absolute Gasteiger partial charge is 0.322 e. The van der Waals surface area contributed by atoms with Gasteiger partial charge in [-0.1, -0.05) is 158 Å². The molecule has 1 atom stereocenters. The number of esters is 1. The number of nitrogens with one attached hydrogen (secondary N) is 1. The normalized spacial score (nSPS) is 12.6. The molecular formula is C48H83NO5. The molecule has 0 spiro atoms. The molecule has 0 aromatic carbocycles. The molecule has 54 heavy (non-hydrogen) atoms. The Morgan fingerprint density at radius 2 is 0.870 bits per heavy atom. The summed E-state index contributed by atoms with van der Waals surface area (Å²) in [6, 6.07) is 0. The molecule has 6 heteroatoms. The molecule has 1 unspecified atom stereocenters. The lowest BCUT2D eigenvalue weighted by Gasteiger charge is -2.18. The molecule has 1 amide bonds. The minimum atomic E-state index is -1.02. The molecule has 310 valence electrons. The maximum absolute atomic E-state index is 12.8. The van der Waals surface area contributed by atoms with Crippen molar-refractivity contribution in [1.29, 1.82) is 0 Å². The standard InChI is InChI=1S/C48H83NO5/c1-3-5-7-9-11-13-15-16-17-18-19-20-21-22-23-24-26-28-30-35-39-43-48(53)54-45(40-36-32-29-27-25-14-12-10-8-6-4-2)41-37-33-31-34-38-42-46(50)49-44-47(51)52/h12,14-16,18-19,21-22,27,29,45H,3-11,13,17,20,23-26,28,30-44H2,1-2H3,(H,49,50)(H,51,52)/b14-12-,16-15-,19-18-,22-21-,29-27-. The number of carbonyl (C=O) groups is 3. The van der Waals surface area contributed by atoms with Crippen LogP contribution in [0.15, 0.2) is 60.8 Å². The van der Waals surface area contributed by atoms with Crippen LogP contribution in [-0.2, 0) is 19.1 Å². The summed E-state index contributed by atoms with van der Waals surface area (Å²) in [6.45, 7) is 4.18. The lowest BCUT2D eigenvalue weighted by Crippen LogP contribution is -2.28. The lowest BCUT2D eigenvalue weighted by atomic mass is 10.0. The molecule has 0 bridgehead atoms. The van der Waals surface area contributed by atoms with Crippen LogP contribution in [0.25, 0.3) is 0 Å². The molecule has 0 aliphatic carbocycles. The minimum Gasteiger partial charge on any atom is -0.480 e. The van der Waals surface area contributed by atoms with E-state index in [1.165, 1.54) is 89.9 Å². The van der Waals surface area contributed by atoms with E-state index >= 15 is 0 Å². The van der Waals surface area contributed by atoms with Crippen LogP contribution < -0.4 is 5.32 Å². The third-order valence-corrected chi connectivity index (χ3v) is 9.66. The average Bonchev–Trinajstić information content (AvgIpc) is 3.16. The zero-order chi connectivity index (χ0) is 39.4. The van der Waals surface area contributed by atoms with Crippen LogP contribution in [0.3, 0.4) is 0 Å². The van der Waals surface area contributed by atoms with Gasteiger partial charge in [0, 0.05) is 12.8 Å². The molecule has 0 fully saturated rings. The van der Waals surface area contributed by atoms with Crippen molar-refractivity contribution in [3.63, 3.8) is 0 Å². The van der Waals surface area contributed by atoms with Gasteiger partial charge < -0.3 is 15.2 Å². The molecule has 0 aliphatic heterocycles. The highest BCUT2D eigenvalue weighted by Crippen LogP contribution is 2.18. The second-order valence-corrected chi connectivity index (χ2v) is 14.9. The fourth-order valence-corrected chi connectivity index (χ4v) is 6.32. The van der Waals surface area contributed by atoms with Gasteiger partial charge in [0.2, 0.25) is 5.91 Å². The molecule has 0 saturated heterocycles. The van der Waals surface area contributed by atoms with Gasteiger partial charge in [-0.15, -0.1) is 0 Å². The first-order valence-electron chi connectivity index (χ1n) is 22.4. The van der Waals surface area contributed by atoms with Crippen molar-refractivity contribution in [3.05, 3.63) is 60.8 Å². The summed E-state index contributed by atoms with van der Waals surface area (Å²) in [4.78, 5) is 35.0. The Balaban J connectivity index is 4.17. The Morgan fingerprint density at radius 1 is 0.481 bits per heavy atom. The van der Waals surface area contributed by atoms with E-state index in [0.29, 0.717) is 12.8 Å². The van der Waals surface area contributed by atoms with E-state index in [9.17, 15) is 14.4 Å². The Kier molecular flexibility index (Phi) is 40.6. The fraction of sp³-hybridized carbons (Fsp3) is 0.729. The monoisotopic (exact) mass is 754 g/mol. The summed E-state index contributed by atoms with van der Waals surface area (Å²) in [6.07, 6.45) is 56.3. The highest BCUT2D eigenvalue weighted by molar-refractivity contribution is 5.80. The Labute approximate surface area is 332 Å². The SMILES string of the molecule is CCCCC/C=C\C/C=C\CCCC(CCCCCCCC(=O)NCC(=O)O)OC(=O)CCCCCCCC/C=C\C/C=C\C/C=C\CCCCCCC. The van der Waals surface area contributed by atoms with Gasteiger partial charge in [-0.05, 0) is 103 Å². The molecule has 0 saturated carbocycles. The number of aliphatic carboxylic acids is 1. The number of carboxylic acids is 1.